The monoisotopic (exact) mass is 304 g/mol. The number of benzene rings is 1. The molecule has 0 aromatic heterocycles. The molecule has 1 aromatic rings. The number of aryl methyl sites for hydroxylation is 1. The number of carboxylic acids is 1. The predicted molar refractivity (Wildman–Crippen MR) is 75.1 cm³/mol. The van der Waals surface area contributed by atoms with Crippen LogP contribution >= 0.6 is 23.2 Å². The number of carbonyl (C=O) groups is 2. The van der Waals surface area contributed by atoms with Gasteiger partial charge in [-0.05, 0) is 25.0 Å². The number of amides is 2. The van der Waals surface area contributed by atoms with Crippen molar-refractivity contribution in [1.82, 2.24) is 5.32 Å². The van der Waals surface area contributed by atoms with Crippen LogP contribution in [0.25, 0.3) is 0 Å². The molecule has 0 saturated heterocycles. The lowest BCUT2D eigenvalue weighted by Gasteiger charge is -2.11. The summed E-state index contributed by atoms with van der Waals surface area (Å²) in [5.41, 5.74) is 1.14. The molecular formula is C12H14Cl2N2O3. The number of hydrogen-bond acceptors (Lipinski definition) is 2. The normalized spacial score (nSPS) is 10.1. The van der Waals surface area contributed by atoms with Crippen LogP contribution in [0.3, 0.4) is 0 Å². The molecule has 0 aliphatic heterocycles. The first-order valence-corrected chi connectivity index (χ1v) is 6.38. The number of carboxylic acid groups (broad SMARTS) is 1. The minimum absolute atomic E-state index is 0.00619. The number of rotatable bonds is 5. The molecule has 0 fully saturated rings. The lowest BCUT2D eigenvalue weighted by molar-refractivity contribution is -0.137. The van der Waals surface area contributed by atoms with Crippen LogP contribution in [-0.4, -0.2) is 23.7 Å². The SMILES string of the molecule is Cc1ccc(Cl)c(NC(=O)NCCCC(=O)O)c1Cl. The van der Waals surface area contributed by atoms with E-state index in [1.165, 1.54) is 0 Å². The Morgan fingerprint density at radius 3 is 2.63 bits per heavy atom. The van der Waals surface area contributed by atoms with Gasteiger partial charge in [0.25, 0.3) is 0 Å². The molecule has 2 amide bonds. The lowest BCUT2D eigenvalue weighted by Crippen LogP contribution is -2.30. The fraction of sp³-hybridized carbons (Fsp3) is 0.333. The van der Waals surface area contributed by atoms with Gasteiger partial charge in [0.15, 0.2) is 0 Å². The van der Waals surface area contributed by atoms with Crippen LogP contribution < -0.4 is 10.6 Å². The zero-order valence-electron chi connectivity index (χ0n) is 10.3. The third kappa shape index (κ3) is 4.96. The van der Waals surface area contributed by atoms with Crippen molar-refractivity contribution in [2.45, 2.75) is 19.8 Å². The van der Waals surface area contributed by atoms with E-state index < -0.39 is 12.0 Å². The molecule has 0 aliphatic carbocycles. The Labute approximate surface area is 120 Å². The van der Waals surface area contributed by atoms with Crippen LogP contribution in [0, 0.1) is 6.92 Å². The molecule has 5 nitrogen and oxygen atoms in total. The molecule has 0 bridgehead atoms. The maximum atomic E-state index is 11.6. The summed E-state index contributed by atoms with van der Waals surface area (Å²) in [7, 11) is 0. The smallest absolute Gasteiger partial charge is 0.319 e. The van der Waals surface area contributed by atoms with Crippen LogP contribution in [0.4, 0.5) is 10.5 Å². The quantitative estimate of drug-likeness (QED) is 0.730. The molecule has 1 rings (SSSR count). The molecule has 0 radical (unpaired) electrons. The molecule has 0 atom stereocenters. The molecular weight excluding hydrogens is 291 g/mol. The average molecular weight is 305 g/mol. The van der Waals surface area contributed by atoms with Crippen LogP contribution in [0.15, 0.2) is 12.1 Å². The molecule has 0 spiro atoms. The molecule has 0 aliphatic rings. The maximum absolute atomic E-state index is 11.6. The van der Waals surface area contributed by atoms with Gasteiger partial charge in [0.2, 0.25) is 0 Å². The molecule has 104 valence electrons. The van der Waals surface area contributed by atoms with Crippen LogP contribution in [0.1, 0.15) is 18.4 Å². The van der Waals surface area contributed by atoms with Crippen molar-refractivity contribution in [2.24, 2.45) is 0 Å². The van der Waals surface area contributed by atoms with Gasteiger partial charge in [0.05, 0.1) is 15.7 Å². The van der Waals surface area contributed by atoms with E-state index in [1.807, 2.05) is 0 Å². The van der Waals surface area contributed by atoms with E-state index in [-0.39, 0.29) is 13.0 Å². The van der Waals surface area contributed by atoms with Crippen molar-refractivity contribution in [3.8, 4) is 0 Å². The van der Waals surface area contributed by atoms with Gasteiger partial charge in [0.1, 0.15) is 0 Å². The fourth-order valence-electron chi connectivity index (χ4n) is 1.37. The Bertz CT molecular complexity index is 492. The van der Waals surface area contributed by atoms with Gasteiger partial charge in [-0.25, -0.2) is 4.79 Å². The third-order valence-corrected chi connectivity index (χ3v) is 3.18. The third-order valence-electron chi connectivity index (χ3n) is 2.38. The van der Waals surface area contributed by atoms with E-state index in [4.69, 9.17) is 28.3 Å². The molecule has 0 unspecified atom stereocenters. The van der Waals surface area contributed by atoms with Crippen LogP contribution in [0.5, 0.6) is 0 Å². The van der Waals surface area contributed by atoms with Gasteiger partial charge in [0, 0.05) is 13.0 Å². The Hall–Kier alpha value is -1.46. The second-order valence-corrected chi connectivity index (χ2v) is 4.72. The number of halogens is 2. The number of urea groups is 1. The van der Waals surface area contributed by atoms with E-state index in [0.29, 0.717) is 22.2 Å². The largest absolute Gasteiger partial charge is 0.481 e. The van der Waals surface area contributed by atoms with Gasteiger partial charge >= 0.3 is 12.0 Å². The predicted octanol–water partition coefficient (Wildman–Crippen LogP) is 3.29. The summed E-state index contributed by atoms with van der Waals surface area (Å²) in [4.78, 5) is 21.9. The van der Waals surface area contributed by atoms with E-state index in [0.717, 1.165) is 5.56 Å². The number of hydrogen-bond donors (Lipinski definition) is 3. The maximum Gasteiger partial charge on any atom is 0.319 e. The molecule has 7 heteroatoms. The summed E-state index contributed by atoms with van der Waals surface area (Å²) in [6.07, 6.45) is 0.365. The standard InChI is InChI=1S/C12H14Cl2N2O3/c1-7-4-5-8(13)11(10(7)14)16-12(19)15-6-2-3-9(17)18/h4-5H,2-3,6H2,1H3,(H,17,18)(H2,15,16,19). The van der Waals surface area contributed by atoms with Crippen molar-refractivity contribution in [3.63, 3.8) is 0 Å². The Morgan fingerprint density at radius 1 is 1.32 bits per heavy atom. The van der Waals surface area contributed by atoms with Gasteiger partial charge in [-0.2, -0.15) is 0 Å². The van der Waals surface area contributed by atoms with E-state index >= 15 is 0 Å². The van der Waals surface area contributed by atoms with Crippen molar-refractivity contribution in [3.05, 3.63) is 27.7 Å². The Morgan fingerprint density at radius 2 is 2.00 bits per heavy atom. The average Bonchev–Trinajstić information content (AvgIpc) is 2.35. The summed E-state index contributed by atoms with van der Waals surface area (Å²) in [5, 5.41) is 14.3. The van der Waals surface area contributed by atoms with Gasteiger partial charge in [-0.15, -0.1) is 0 Å². The first-order valence-electron chi connectivity index (χ1n) is 5.63. The Kier molecular flexibility index (Phi) is 5.92. The minimum Gasteiger partial charge on any atom is -0.481 e. The minimum atomic E-state index is -0.896. The highest BCUT2D eigenvalue weighted by Crippen LogP contribution is 2.32. The molecule has 3 N–H and O–H groups in total. The second kappa shape index (κ2) is 7.21. The number of carbonyl (C=O) groups excluding carboxylic acids is 1. The van der Waals surface area contributed by atoms with Crippen molar-refractivity contribution >= 4 is 40.9 Å². The molecule has 0 heterocycles. The van der Waals surface area contributed by atoms with Gasteiger partial charge < -0.3 is 15.7 Å². The summed E-state index contributed by atoms with van der Waals surface area (Å²) < 4.78 is 0. The molecule has 19 heavy (non-hydrogen) atoms. The van der Waals surface area contributed by atoms with E-state index in [1.54, 1.807) is 19.1 Å². The first kappa shape index (κ1) is 15.6. The summed E-state index contributed by atoms with van der Waals surface area (Å²) >= 11 is 12.0. The van der Waals surface area contributed by atoms with Crippen LogP contribution in [0.2, 0.25) is 10.0 Å². The zero-order chi connectivity index (χ0) is 14.4. The van der Waals surface area contributed by atoms with E-state index in [2.05, 4.69) is 10.6 Å². The van der Waals surface area contributed by atoms with Gasteiger partial charge in [-0.1, -0.05) is 29.3 Å². The molecule has 0 saturated carbocycles. The van der Waals surface area contributed by atoms with Crippen molar-refractivity contribution < 1.29 is 14.7 Å². The number of aliphatic carboxylic acids is 1. The lowest BCUT2D eigenvalue weighted by atomic mass is 10.2. The highest BCUT2D eigenvalue weighted by Gasteiger charge is 2.11. The van der Waals surface area contributed by atoms with Crippen molar-refractivity contribution in [1.29, 1.82) is 0 Å². The zero-order valence-corrected chi connectivity index (χ0v) is 11.8. The number of anilines is 1. The Balaban J connectivity index is 2.53. The number of nitrogens with one attached hydrogen (secondary N) is 2. The fourth-order valence-corrected chi connectivity index (χ4v) is 1.84. The highest BCUT2D eigenvalue weighted by molar-refractivity contribution is 6.40. The summed E-state index contributed by atoms with van der Waals surface area (Å²) in [6, 6.07) is 2.92. The topological polar surface area (TPSA) is 78.4 Å². The van der Waals surface area contributed by atoms with Crippen LogP contribution in [-0.2, 0) is 4.79 Å². The second-order valence-electron chi connectivity index (χ2n) is 3.93. The van der Waals surface area contributed by atoms with E-state index in [9.17, 15) is 9.59 Å². The highest BCUT2D eigenvalue weighted by atomic mass is 35.5. The van der Waals surface area contributed by atoms with Crippen molar-refractivity contribution in [2.75, 3.05) is 11.9 Å². The summed E-state index contributed by atoms with van der Waals surface area (Å²) in [5.74, 6) is -0.896. The van der Waals surface area contributed by atoms with Gasteiger partial charge in [-0.3, -0.25) is 4.79 Å². The molecule has 1 aromatic carbocycles. The first-order chi connectivity index (χ1) is 8.91. The summed E-state index contributed by atoms with van der Waals surface area (Å²) in [6.45, 7) is 2.06.